The highest BCUT2D eigenvalue weighted by Gasteiger charge is 2.43. The predicted octanol–water partition coefficient (Wildman–Crippen LogP) is -0.327. The van der Waals surface area contributed by atoms with Crippen LogP contribution in [-0.2, 0) is 9.84 Å². The summed E-state index contributed by atoms with van der Waals surface area (Å²) in [6, 6.07) is 0.836. The number of piperazine rings is 1. The zero-order valence-corrected chi connectivity index (χ0v) is 12.4. The number of nitrogens with two attached hydrogens (primary N) is 1. The van der Waals surface area contributed by atoms with Crippen LogP contribution in [0.4, 0.5) is 0 Å². The van der Waals surface area contributed by atoms with Crippen molar-refractivity contribution in [2.24, 2.45) is 5.73 Å². The number of hydrogen-bond donors (Lipinski definition) is 1. The Morgan fingerprint density at radius 1 is 1.05 bits per heavy atom. The van der Waals surface area contributed by atoms with E-state index in [4.69, 9.17) is 5.73 Å². The highest BCUT2D eigenvalue weighted by atomic mass is 32.2. The Balaban J connectivity index is 1.63. The van der Waals surface area contributed by atoms with E-state index in [2.05, 4.69) is 9.80 Å². The molecule has 6 heteroatoms. The van der Waals surface area contributed by atoms with Crippen LogP contribution in [-0.4, -0.2) is 74.0 Å². The summed E-state index contributed by atoms with van der Waals surface area (Å²) in [6.07, 6.45) is 4.16. The van der Waals surface area contributed by atoms with Crippen molar-refractivity contribution in [2.75, 3.05) is 44.2 Å². The van der Waals surface area contributed by atoms with Gasteiger partial charge in [0.2, 0.25) is 0 Å². The van der Waals surface area contributed by atoms with Gasteiger partial charge in [0.15, 0.2) is 0 Å². The lowest BCUT2D eigenvalue weighted by Gasteiger charge is -2.49. The summed E-state index contributed by atoms with van der Waals surface area (Å²) >= 11 is 0. The van der Waals surface area contributed by atoms with E-state index >= 15 is 0 Å². The number of hydrogen-bond acceptors (Lipinski definition) is 5. The molecule has 0 spiro atoms. The van der Waals surface area contributed by atoms with E-state index in [1.54, 1.807) is 0 Å². The summed E-state index contributed by atoms with van der Waals surface area (Å²) < 4.78 is 23.2. The standard InChI is InChI=1S/C13H25N3O2S/c14-11-13(3-9-19(17,18)10-4-13)16-7-5-15(6-8-16)12-1-2-12/h12H,1-11,14H2. The first-order valence-electron chi connectivity index (χ1n) is 7.44. The SMILES string of the molecule is NCC1(N2CCN(C3CC3)CC2)CCS(=O)(=O)CC1. The molecule has 0 amide bonds. The van der Waals surface area contributed by atoms with Crippen molar-refractivity contribution in [2.45, 2.75) is 37.3 Å². The minimum absolute atomic E-state index is 0.0546. The summed E-state index contributed by atoms with van der Waals surface area (Å²) in [4.78, 5) is 5.06. The molecule has 0 atom stereocenters. The zero-order valence-electron chi connectivity index (χ0n) is 11.6. The minimum Gasteiger partial charge on any atom is -0.329 e. The third kappa shape index (κ3) is 2.82. The van der Waals surface area contributed by atoms with Gasteiger partial charge in [0.25, 0.3) is 0 Å². The van der Waals surface area contributed by atoms with E-state index in [1.807, 2.05) is 0 Å². The fourth-order valence-electron chi connectivity index (χ4n) is 3.57. The van der Waals surface area contributed by atoms with Crippen LogP contribution in [0, 0.1) is 0 Å². The van der Waals surface area contributed by atoms with Crippen LogP contribution in [0.2, 0.25) is 0 Å². The van der Waals surface area contributed by atoms with Gasteiger partial charge in [0.05, 0.1) is 11.5 Å². The van der Waals surface area contributed by atoms with Crippen LogP contribution in [0.15, 0.2) is 0 Å². The summed E-state index contributed by atoms with van der Waals surface area (Å²) in [5.74, 6) is 0.625. The van der Waals surface area contributed by atoms with Gasteiger partial charge in [-0.15, -0.1) is 0 Å². The maximum atomic E-state index is 11.6. The van der Waals surface area contributed by atoms with Gasteiger partial charge in [0.1, 0.15) is 9.84 Å². The average molecular weight is 287 g/mol. The van der Waals surface area contributed by atoms with Gasteiger partial charge >= 0.3 is 0 Å². The molecular formula is C13H25N3O2S. The molecule has 0 aromatic heterocycles. The van der Waals surface area contributed by atoms with E-state index in [0.717, 1.165) is 45.1 Å². The highest BCUT2D eigenvalue weighted by Crippen LogP contribution is 2.33. The lowest BCUT2D eigenvalue weighted by molar-refractivity contribution is 0.0270. The van der Waals surface area contributed by atoms with Crippen LogP contribution in [0.5, 0.6) is 0 Å². The molecule has 0 bridgehead atoms. The van der Waals surface area contributed by atoms with Crippen LogP contribution in [0.3, 0.4) is 0 Å². The van der Waals surface area contributed by atoms with E-state index in [9.17, 15) is 8.42 Å². The molecule has 0 radical (unpaired) electrons. The van der Waals surface area contributed by atoms with Crippen molar-refractivity contribution in [1.82, 2.24) is 9.80 Å². The molecule has 3 aliphatic rings. The summed E-state index contributed by atoms with van der Waals surface area (Å²) in [7, 11) is -2.81. The van der Waals surface area contributed by atoms with Crippen molar-refractivity contribution in [1.29, 1.82) is 0 Å². The van der Waals surface area contributed by atoms with Crippen molar-refractivity contribution < 1.29 is 8.42 Å². The van der Waals surface area contributed by atoms with Gasteiger partial charge in [-0.25, -0.2) is 8.42 Å². The lowest BCUT2D eigenvalue weighted by atomic mass is 9.89. The molecule has 2 aliphatic heterocycles. The summed E-state index contributed by atoms with van der Waals surface area (Å²) in [5.41, 5.74) is 5.96. The van der Waals surface area contributed by atoms with Crippen molar-refractivity contribution in [3.63, 3.8) is 0 Å². The van der Waals surface area contributed by atoms with Gasteiger partial charge in [-0.05, 0) is 25.7 Å². The van der Waals surface area contributed by atoms with Crippen molar-refractivity contribution >= 4 is 9.84 Å². The molecule has 2 N–H and O–H groups in total. The molecule has 0 aromatic rings. The summed E-state index contributed by atoms with van der Waals surface area (Å²) in [6.45, 7) is 4.94. The number of sulfone groups is 1. The molecule has 5 nitrogen and oxygen atoms in total. The van der Waals surface area contributed by atoms with Crippen LogP contribution < -0.4 is 5.73 Å². The second-order valence-electron chi connectivity index (χ2n) is 6.33. The van der Waals surface area contributed by atoms with Gasteiger partial charge in [-0.1, -0.05) is 0 Å². The molecule has 2 heterocycles. The Morgan fingerprint density at radius 3 is 2.11 bits per heavy atom. The fraction of sp³-hybridized carbons (Fsp3) is 1.00. The minimum atomic E-state index is -2.81. The fourth-order valence-corrected chi connectivity index (χ4v) is 5.15. The quantitative estimate of drug-likeness (QED) is 0.770. The van der Waals surface area contributed by atoms with E-state index < -0.39 is 9.84 Å². The van der Waals surface area contributed by atoms with Crippen molar-refractivity contribution in [3.8, 4) is 0 Å². The maximum absolute atomic E-state index is 11.6. The largest absolute Gasteiger partial charge is 0.329 e. The molecule has 3 fully saturated rings. The molecule has 3 rings (SSSR count). The topological polar surface area (TPSA) is 66.6 Å². The molecule has 0 aromatic carbocycles. The van der Waals surface area contributed by atoms with Crippen LogP contribution in [0.1, 0.15) is 25.7 Å². The van der Waals surface area contributed by atoms with E-state index in [-0.39, 0.29) is 5.54 Å². The molecule has 110 valence electrons. The third-order valence-corrected chi connectivity index (χ3v) is 6.84. The average Bonchev–Trinajstić information content (AvgIpc) is 3.24. The Hall–Kier alpha value is -0.170. The van der Waals surface area contributed by atoms with Crippen molar-refractivity contribution in [3.05, 3.63) is 0 Å². The van der Waals surface area contributed by atoms with Gasteiger partial charge in [0, 0.05) is 44.3 Å². The first-order chi connectivity index (χ1) is 9.05. The molecular weight excluding hydrogens is 262 g/mol. The third-order valence-electron chi connectivity index (χ3n) is 5.19. The molecule has 19 heavy (non-hydrogen) atoms. The maximum Gasteiger partial charge on any atom is 0.150 e. The molecule has 2 saturated heterocycles. The normalized spacial score (nSPS) is 32.3. The van der Waals surface area contributed by atoms with E-state index in [0.29, 0.717) is 18.1 Å². The van der Waals surface area contributed by atoms with Crippen LogP contribution >= 0.6 is 0 Å². The Kier molecular flexibility index (Phi) is 3.62. The predicted molar refractivity (Wildman–Crippen MR) is 75.8 cm³/mol. The smallest absolute Gasteiger partial charge is 0.150 e. The Labute approximate surface area is 116 Å². The first-order valence-corrected chi connectivity index (χ1v) is 9.26. The molecule has 0 unspecified atom stereocenters. The zero-order chi connectivity index (χ0) is 13.5. The Bertz CT molecular complexity index is 411. The van der Waals surface area contributed by atoms with Gasteiger partial charge < -0.3 is 5.73 Å². The monoisotopic (exact) mass is 287 g/mol. The summed E-state index contributed by atoms with van der Waals surface area (Å²) in [5, 5.41) is 0. The van der Waals surface area contributed by atoms with Gasteiger partial charge in [-0.2, -0.15) is 0 Å². The second-order valence-corrected chi connectivity index (χ2v) is 8.64. The lowest BCUT2D eigenvalue weighted by Crippen LogP contribution is -2.62. The molecule has 1 saturated carbocycles. The first kappa shape index (κ1) is 13.8. The second kappa shape index (κ2) is 4.98. The van der Waals surface area contributed by atoms with Gasteiger partial charge in [-0.3, -0.25) is 9.80 Å². The molecule has 1 aliphatic carbocycles. The van der Waals surface area contributed by atoms with Crippen LogP contribution in [0.25, 0.3) is 0 Å². The number of nitrogens with zero attached hydrogens (tertiary/aromatic N) is 2. The Morgan fingerprint density at radius 2 is 1.63 bits per heavy atom. The highest BCUT2D eigenvalue weighted by molar-refractivity contribution is 7.91. The number of rotatable bonds is 3. The van der Waals surface area contributed by atoms with E-state index in [1.165, 1.54) is 12.8 Å².